The molecule has 154 valence electrons. The number of aryl methyl sites for hydroxylation is 1. The van der Waals surface area contributed by atoms with E-state index in [1.54, 1.807) is 4.90 Å². The number of piperazine rings is 1. The lowest BCUT2D eigenvalue weighted by Crippen LogP contribution is -2.50. The Bertz CT molecular complexity index is 1200. The number of amides is 1. The number of carbonyl (C=O) groups excluding carboxylic acids is 1. The Hall–Kier alpha value is -3.15. The first-order valence-electron chi connectivity index (χ1n) is 9.82. The number of carbonyl (C=O) groups is 1. The van der Waals surface area contributed by atoms with Crippen molar-refractivity contribution >= 4 is 26.8 Å². The van der Waals surface area contributed by atoms with E-state index >= 15 is 0 Å². The van der Waals surface area contributed by atoms with Crippen LogP contribution in [0.2, 0.25) is 0 Å². The molecule has 0 bridgehead atoms. The Labute approximate surface area is 175 Å². The number of nitrogens with one attached hydrogen (secondary N) is 1. The highest BCUT2D eigenvalue weighted by atomic mass is 32.2. The third-order valence-electron chi connectivity index (χ3n) is 5.50. The summed E-state index contributed by atoms with van der Waals surface area (Å²) in [5.74, 6) is 0.0377. The maximum absolute atomic E-state index is 12.8. The summed E-state index contributed by atoms with van der Waals surface area (Å²) in [5.41, 5.74) is 2.59. The summed E-state index contributed by atoms with van der Waals surface area (Å²) in [6, 6.07) is 15.9. The third-order valence-corrected chi connectivity index (χ3v) is 7.41. The average molecular weight is 423 g/mol. The van der Waals surface area contributed by atoms with Crippen molar-refractivity contribution in [2.75, 3.05) is 26.2 Å². The van der Waals surface area contributed by atoms with Crippen LogP contribution in [0.5, 0.6) is 0 Å². The van der Waals surface area contributed by atoms with Crippen LogP contribution >= 0.6 is 0 Å². The van der Waals surface area contributed by atoms with Crippen LogP contribution in [0.25, 0.3) is 10.9 Å². The topological polar surface area (TPSA) is 97.3 Å². The molecule has 0 atom stereocenters. The van der Waals surface area contributed by atoms with Crippen molar-refractivity contribution in [1.82, 2.24) is 14.2 Å². The van der Waals surface area contributed by atoms with Crippen LogP contribution in [-0.4, -0.2) is 54.7 Å². The van der Waals surface area contributed by atoms with E-state index in [0.29, 0.717) is 31.5 Å². The number of nitriles is 1. The molecular formula is C22H22N4O3S. The SMILES string of the molecule is N#Cc1ccc(S(=O)(=O)N2CCN(C(=O)CCc3c[nH]c4ccccc34)CC2)cc1. The van der Waals surface area contributed by atoms with E-state index in [1.165, 1.54) is 28.6 Å². The van der Waals surface area contributed by atoms with E-state index in [-0.39, 0.29) is 23.9 Å². The first-order valence-corrected chi connectivity index (χ1v) is 11.3. The highest BCUT2D eigenvalue weighted by Gasteiger charge is 2.30. The average Bonchev–Trinajstić information content (AvgIpc) is 3.20. The number of sulfonamides is 1. The minimum absolute atomic E-state index is 0.0377. The number of nitrogens with zero attached hydrogens (tertiary/aromatic N) is 3. The molecule has 0 unspecified atom stereocenters. The number of benzene rings is 2. The predicted molar refractivity (Wildman–Crippen MR) is 113 cm³/mol. The maximum atomic E-state index is 12.8. The van der Waals surface area contributed by atoms with Gasteiger partial charge in [-0.2, -0.15) is 9.57 Å². The maximum Gasteiger partial charge on any atom is 0.243 e. The third kappa shape index (κ3) is 3.95. The summed E-state index contributed by atoms with van der Waals surface area (Å²) in [6.07, 6.45) is 2.98. The van der Waals surface area contributed by atoms with Crippen molar-refractivity contribution < 1.29 is 13.2 Å². The molecule has 0 radical (unpaired) electrons. The van der Waals surface area contributed by atoms with Crippen LogP contribution < -0.4 is 0 Å². The van der Waals surface area contributed by atoms with Crippen molar-refractivity contribution in [3.63, 3.8) is 0 Å². The zero-order valence-corrected chi connectivity index (χ0v) is 17.2. The normalized spacial score (nSPS) is 15.2. The Balaban J connectivity index is 1.34. The van der Waals surface area contributed by atoms with E-state index in [9.17, 15) is 13.2 Å². The van der Waals surface area contributed by atoms with Crippen LogP contribution in [0.1, 0.15) is 17.5 Å². The molecule has 1 aliphatic heterocycles. The number of para-hydroxylation sites is 1. The van der Waals surface area contributed by atoms with Crippen molar-refractivity contribution in [3.8, 4) is 6.07 Å². The van der Waals surface area contributed by atoms with Crippen molar-refractivity contribution in [1.29, 1.82) is 5.26 Å². The molecule has 1 aliphatic rings. The van der Waals surface area contributed by atoms with Gasteiger partial charge in [0.1, 0.15) is 0 Å². The van der Waals surface area contributed by atoms with Gasteiger partial charge in [-0.1, -0.05) is 18.2 Å². The highest BCUT2D eigenvalue weighted by molar-refractivity contribution is 7.89. The molecule has 30 heavy (non-hydrogen) atoms. The van der Waals surface area contributed by atoms with Crippen LogP contribution in [-0.2, 0) is 21.2 Å². The van der Waals surface area contributed by atoms with Gasteiger partial charge in [-0.15, -0.1) is 0 Å². The standard InChI is InChI=1S/C22H22N4O3S/c23-15-17-5-8-19(9-6-17)30(28,29)26-13-11-25(12-14-26)22(27)10-7-18-16-24-21-4-2-1-3-20(18)21/h1-6,8-9,16,24H,7,10-14H2. The summed E-state index contributed by atoms with van der Waals surface area (Å²) in [7, 11) is -3.63. The minimum atomic E-state index is -3.63. The highest BCUT2D eigenvalue weighted by Crippen LogP contribution is 2.21. The van der Waals surface area contributed by atoms with Gasteiger partial charge >= 0.3 is 0 Å². The number of H-pyrrole nitrogens is 1. The van der Waals surface area contributed by atoms with Gasteiger partial charge in [0, 0.05) is 49.7 Å². The lowest BCUT2D eigenvalue weighted by Gasteiger charge is -2.34. The smallest absolute Gasteiger partial charge is 0.243 e. The van der Waals surface area contributed by atoms with Gasteiger partial charge in [-0.3, -0.25) is 4.79 Å². The Morgan fingerprint density at radius 1 is 1.03 bits per heavy atom. The molecule has 1 saturated heterocycles. The van der Waals surface area contributed by atoms with Gasteiger partial charge in [0.05, 0.1) is 16.5 Å². The number of hydrogen-bond donors (Lipinski definition) is 1. The van der Waals surface area contributed by atoms with Crippen molar-refractivity contribution in [2.45, 2.75) is 17.7 Å². The fourth-order valence-corrected chi connectivity index (χ4v) is 5.19. The molecule has 4 rings (SSSR count). The number of hydrogen-bond acceptors (Lipinski definition) is 4. The number of fused-ring (bicyclic) bond motifs is 1. The fraction of sp³-hybridized carbons (Fsp3) is 0.273. The van der Waals surface area contributed by atoms with Crippen LogP contribution in [0.4, 0.5) is 0 Å². The second kappa shape index (κ2) is 8.30. The Morgan fingerprint density at radius 3 is 2.43 bits per heavy atom. The molecule has 0 spiro atoms. The number of aromatic nitrogens is 1. The second-order valence-electron chi connectivity index (χ2n) is 7.28. The van der Waals surface area contributed by atoms with Gasteiger partial charge < -0.3 is 9.88 Å². The van der Waals surface area contributed by atoms with E-state index in [2.05, 4.69) is 4.98 Å². The lowest BCUT2D eigenvalue weighted by atomic mass is 10.1. The minimum Gasteiger partial charge on any atom is -0.361 e. The molecule has 0 saturated carbocycles. The quantitative estimate of drug-likeness (QED) is 0.683. The number of aromatic amines is 1. The summed E-state index contributed by atoms with van der Waals surface area (Å²) < 4.78 is 27.0. The zero-order chi connectivity index (χ0) is 21.1. The summed E-state index contributed by atoms with van der Waals surface area (Å²) in [6.45, 7) is 1.28. The first kappa shape index (κ1) is 20.1. The number of rotatable bonds is 5. The predicted octanol–water partition coefficient (Wildman–Crippen LogP) is 2.51. The van der Waals surface area contributed by atoms with Crippen LogP contribution in [0, 0.1) is 11.3 Å². The van der Waals surface area contributed by atoms with Crippen molar-refractivity contribution in [3.05, 3.63) is 65.9 Å². The van der Waals surface area contributed by atoms with E-state index in [1.807, 2.05) is 36.5 Å². The van der Waals surface area contributed by atoms with Crippen LogP contribution in [0.3, 0.4) is 0 Å². The molecule has 8 heteroatoms. The largest absolute Gasteiger partial charge is 0.361 e. The molecule has 1 N–H and O–H groups in total. The molecule has 7 nitrogen and oxygen atoms in total. The van der Waals surface area contributed by atoms with Crippen LogP contribution in [0.15, 0.2) is 59.6 Å². The second-order valence-corrected chi connectivity index (χ2v) is 9.22. The van der Waals surface area contributed by atoms with Gasteiger partial charge in [0.25, 0.3) is 0 Å². The molecule has 1 fully saturated rings. The Kier molecular flexibility index (Phi) is 5.57. The molecule has 1 amide bonds. The van der Waals surface area contributed by atoms with E-state index < -0.39 is 10.0 Å². The Morgan fingerprint density at radius 2 is 1.73 bits per heavy atom. The molecule has 2 aromatic carbocycles. The molecular weight excluding hydrogens is 400 g/mol. The first-order chi connectivity index (χ1) is 14.5. The molecule has 0 aliphatic carbocycles. The monoisotopic (exact) mass is 422 g/mol. The molecule has 3 aromatic rings. The lowest BCUT2D eigenvalue weighted by molar-refractivity contribution is -0.132. The van der Waals surface area contributed by atoms with Crippen molar-refractivity contribution in [2.24, 2.45) is 0 Å². The van der Waals surface area contributed by atoms with Gasteiger partial charge in [-0.25, -0.2) is 8.42 Å². The molecule has 2 heterocycles. The van der Waals surface area contributed by atoms with Gasteiger partial charge in [-0.05, 0) is 42.3 Å². The van der Waals surface area contributed by atoms with E-state index in [0.717, 1.165) is 16.5 Å². The summed E-state index contributed by atoms with van der Waals surface area (Å²) in [4.78, 5) is 17.8. The van der Waals surface area contributed by atoms with Gasteiger partial charge in [0.2, 0.25) is 15.9 Å². The zero-order valence-electron chi connectivity index (χ0n) is 16.4. The molecule has 1 aromatic heterocycles. The van der Waals surface area contributed by atoms with E-state index in [4.69, 9.17) is 5.26 Å². The summed E-state index contributed by atoms with van der Waals surface area (Å²) in [5, 5.41) is 10.00. The summed E-state index contributed by atoms with van der Waals surface area (Å²) >= 11 is 0. The van der Waals surface area contributed by atoms with Gasteiger partial charge in [0.15, 0.2) is 0 Å². The fourth-order valence-electron chi connectivity index (χ4n) is 3.77.